The molecular weight excluding hydrogens is 238 g/mol. The maximum Gasteiger partial charge on any atom is 0.0698 e. The number of aliphatic hydroxyl groups is 1. The van der Waals surface area contributed by atoms with Crippen molar-refractivity contribution in [2.75, 3.05) is 26.4 Å². The fourth-order valence-corrected chi connectivity index (χ4v) is 2.22. The van der Waals surface area contributed by atoms with Crippen molar-refractivity contribution in [3.8, 4) is 0 Å². The van der Waals surface area contributed by atoms with Crippen molar-refractivity contribution in [3.05, 3.63) is 35.4 Å². The van der Waals surface area contributed by atoms with Crippen LogP contribution < -0.4 is 5.32 Å². The summed E-state index contributed by atoms with van der Waals surface area (Å²) in [6, 6.07) is 8.92. The van der Waals surface area contributed by atoms with E-state index in [1.807, 2.05) is 0 Å². The van der Waals surface area contributed by atoms with E-state index in [-0.39, 0.29) is 12.0 Å². The van der Waals surface area contributed by atoms with Crippen LogP contribution in [0.4, 0.5) is 0 Å². The second-order valence-corrected chi connectivity index (χ2v) is 6.00. The van der Waals surface area contributed by atoms with Gasteiger partial charge in [-0.1, -0.05) is 50.6 Å². The van der Waals surface area contributed by atoms with Crippen molar-refractivity contribution in [1.82, 2.24) is 5.32 Å². The molecule has 0 bridgehead atoms. The zero-order valence-electron chi connectivity index (χ0n) is 12.6. The molecule has 1 aromatic carbocycles. The number of rotatable bonds is 7. The predicted molar refractivity (Wildman–Crippen MR) is 79.3 cm³/mol. The summed E-state index contributed by atoms with van der Waals surface area (Å²) in [6.07, 6.45) is 0. The van der Waals surface area contributed by atoms with E-state index >= 15 is 0 Å². The normalized spacial score (nSPS) is 13.5. The number of benzene rings is 1. The Morgan fingerprint density at radius 2 is 2.00 bits per heavy atom. The van der Waals surface area contributed by atoms with Gasteiger partial charge in [-0.3, -0.25) is 0 Å². The Kier molecular flexibility index (Phi) is 6.49. The minimum absolute atomic E-state index is 0.0839. The summed E-state index contributed by atoms with van der Waals surface area (Å²) in [5.41, 5.74) is 2.74. The molecule has 0 aliphatic carbocycles. The van der Waals surface area contributed by atoms with Gasteiger partial charge in [0.05, 0.1) is 19.8 Å². The highest BCUT2D eigenvalue weighted by Gasteiger charge is 2.25. The molecule has 0 radical (unpaired) electrons. The number of aliphatic hydroxyl groups excluding tert-OH is 1. The zero-order valence-corrected chi connectivity index (χ0v) is 12.6. The summed E-state index contributed by atoms with van der Waals surface area (Å²) < 4.78 is 5.29. The monoisotopic (exact) mass is 265 g/mol. The minimum Gasteiger partial charge on any atom is -0.394 e. The maximum absolute atomic E-state index is 8.67. The largest absolute Gasteiger partial charge is 0.394 e. The van der Waals surface area contributed by atoms with Crippen LogP contribution >= 0.6 is 0 Å². The topological polar surface area (TPSA) is 41.5 Å². The summed E-state index contributed by atoms with van der Waals surface area (Å²) in [5.74, 6) is 0. The Hall–Kier alpha value is -0.900. The average Bonchev–Trinajstić information content (AvgIpc) is 2.32. The maximum atomic E-state index is 8.67. The van der Waals surface area contributed by atoms with Crippen molar-refractivity contribution in [1.29, 1.82) is 0 Å². The van der Waals surface area contributed by atoms with E-state index in [1.165, 1.54) is 11.1 Å². The minimum atomic E-state index is 0.0839. The van der Waals surface area contributed by atoms with Gasteiger partial charge >= 0.3 is 0 Å². The van der Waals surface area contributed by atoms with E-state index in [4.69, 9.17) is 9.84 Å². The third kappa shape index (κ3) is 5.72. The van der Waals surface area contributed by atoms with Gasteiger partial charge in [-0.15, -0.1) is 0 Å². The first-order chi connectivity index (χ1) is 8.95. The average molecular weight is 265 g/mol. The molecule has 1 atom stereocenters. The lowest BCUT2D eigenvalue weighted by molar-refractivity contribution is 0.0896. The summed E-state index contributed by atoms with van der Waals surface area (Å²) in [6.45, 7) is 10.7. The van der Waals surface area contributed by atoms with E-state index in [2.05, 4.69) is 57.3 Å². The Labute approximate surface area is 117 Å². The molecule has 0 amide bonds. The van der Waals surface area contributed by atoms with Gasteiger partial charge in [-0.25, -0.2) is 0 Å². The van der Waals surface area contributed by atoms with Gasteiger partial charge in [0.15, 0.2) is 0 Å². The Bertz CT molecular complexity index is 371. The molecule has 108 valence electrons. The van der Waals surface area contributed by atoms with E-state index < -0.39 is 0 Å². The summed E-state index contributed by atoms with van der Waals surface area (Å²) in [4.78, 5) is 0. The fraction of sp³-hybridized carbons (Fsp3) is 0.625. The van der Waals surface area contributed by atoms with Gasteiger partial charge in [-0.2, -0.15) is 0 Å². The van der Waals surface area contributed by atoms with Crippen molar-refractivity contribution in [3.63, 3.8) is 0 Å². The fourth-order valence-electron chi connectivity index (χ4n) is 2.22. The Morgan fingerprint density at radius 1 is 1.26 bits per heavy atom. The highest BCUT2D eigenvalue weighted by Crippen LogP contribution is 2.32. The van der Waals surface area contributed by atoms with E-state index in [9.17, 15) is 0 Å². The summed E-state index contributed by atoms with van der Waals surface area (Å²) >= 11 is 0. The van der Waals surface area contributed by atoms with Crippen molar-refractivity contribution >= 4 is 0 Å². The molecule has 1 rings (SSSR count). The number of hydrogen-bond acceptors (Lipinski definition) is 3. The molecule has 2 N–H and O–H groups in total. The SMILES string of the molecule is Cc1cccc(C(NCCOCCO)C(C)(C)C)c1. The second-order valence-electron chi connectivity index (χ2n) is 6.00. The predicted octanol–water partition coefficient (Wildman–Crippen LogP) is 2.68. The van der Waals surface area contributed by atoms with Gasteiger partial charge in [-0.05, 0) is 17.9 Å². The van der Waals surface area contributed by atoms with Crippen LogP contribution in [0.15, 0.2) is 24.3 Å². The molecule has 0 aliphatic rings. The van der Waals surface area contributed by atoms with Crippen LogP contribution in [0, 0.1) is 12.3 Å². The molecule has 3 heteroatoms. The molecule has 0 aromatic heterocycles. The van der Waals surface area contributed by atoms with Crippen molar-refractivity contribution in [2.24, 2.45) is 5.41 Å². The number of hydrogen-bond donors (Lipinski definition) is 2. The summed E-state index contributed by atoms with van der Waals surface area (Å²) in [5, 5.41) is 12.2. The van der Waals surface area contributed by atoms with Crippen LogP contribution in [-0.4, -0.2) is 31.5 Å². The van der Waals surface area contributed by atoms with Crippen LogP contribution in [0.3, 0.4) is 0 Å². The van der Waals surface area contributed by atoms with Crippen LogP contribution in [0.1, 0.15) is 37.9 Å². The molecule has 0 saturated heterocycles. The second kappa shape index (κ2) is 7.63. The number of ether oxygens (including phenoxy) is 1. The molecular formula is C16H27NO2. The van der Waals surface area contributed by atoms with E-state index in [0.29, 0.717) is 19.3 Å². The first kappa shape index (κ1) is 16.2. The quantitative estimate of drug-likeness (QED) is 0.745. The van der Waals surface area contributed by atoms with Crippen LogP contribution in [0.2, 0.25) is 0 Å². The molecule has 3 nitrogen and oxygen atoms in total. The molecule has 1 aromatic rings. The molecule has 0 saturated carbocycles. The third-order valence-corrected chi connectivity index (χ3v) is 3.07. The van der Waals surface area contributed by atoms with Crippen LogP contribution in [0.5, 0.6) is 0 Å². The van der Waals surface area contributed by atoms with Gasteiger partial charge in [0, 0.05) is 12.6 Å². The van der Waals surface area contributed by atoms with E-state index in [1.54, 1.807) is 0 Å². The summed E-state index contributed by atoms with van der Waals surface area (Å²) in [7, 11) is 0. The molecule has 1 unspecified atom stereocenters. The van der Waals surface area contributed by atoms with E-state index in [0.717, 1.165) is 6.54 Å². The van der Waals surface area contributed by atoms with Crippen molar-refractivity contribution in [2.45, 2.75) is 33.7 Å². The lowest BCUT2D eigenvalue weighted by atomic mass is 9.82. The van der Waals surface area contributed by atoms with Gasteiger partial charge in [0.2, 0.25) is 0 Å². The van der Waals surface area contributed by atoms with Crippen molar-refractivity contribution < 1.29 is 9.84 Å². The molecule has 0 fully saturated rings. The highest BCUT2D eigenvalue weighted by atomic mass is 16.5. The van der Waals surface area contributed by atoms with Gasteiger partial charge in [0.1, 0.15) is 0 Å². The molecule has 0 heterocycles. The Morgan fingerprint density at radius 3 is 2.58 bits per heavy atom. The highest BCUT2D eigenvalue weighted by molar-refractivity contribution is 5.26. The lowest BCUT2D eigenvalue weighted by Gasteiger charge is -2.32. The first-order valence-electron chi connectivity index (χ1n) is 6.93. The smallest absolute Gasteiger partial charge is 0.0698 e. The first-order valence-corrected chi connectivity index (χ1v) is 6.93. The Balaban J connectivity index is 2.63. The third-order valence-electron chi connectivity index (χ3n) is 3.07. The molecule has 19 heavy (non-hydrogen) atoms. The molecule has 0 aliphatic heterocycles. The number of nitrogens with one attached hydrogen (secondary N) is 1. The van der Waals surface area contributed by atoms with Crippen LogP contribution in [-0.2, 0) is 4.74 Å². The van der Waals surface area contributed by atoms with Gasteiger partial charge in [0.25, 0.3) is 0 Å². The van der Waals surface area contributed by atoms with Gasteiger partial charge < -0.3 is 15.2 Å². The van der Waals surface area contributed by atoms with Crippen LogP contribution in [0.25, 0.3) is 0 Å². The lowest BCUT2D eigenvalue weighted by Crippen LogP contribution is -2.34. The molecule has 0 spiro atoms. The number of aryl methyl sites for hydroxylation is 1. The zero-order chi connectivity index (χ0) is 14.3. The standard InChI is InChI=1S/C16H27NO2/c1-13-6-5-7-14(12-13)15(16(2,3)4)17-8-10-19-11-9-18/h5-7,12,15,17-18H,8-11H2,1-4H3.